The summed E-state index contributed by atoms with van der Waals surface area (Å²) in [6.07, 6.45) is -1.41. The summed E-state index contributed by atoms with van der Waals surface area (Å²) in [5.74, 6) is 0.138. The molecule has 121 heavy (non-hydrogen) atoms. The monoisotopic (exact) mass is 1990 g/mol. The van der Waals surface area contributed by atoms with E-state index in [4.69, 9.17) is 188 Å². The van der Waals surface area contributed by atoms with Gasteiger partial charge in [0, 0.05) is 133 Å². The first kappa shape index (κ1) is 106. The van der Waals surface area contributed by atoms with E-state index in [1.807, 2.05) is 89.6 Å². The zero-order valence-corrected chi connectivity index (χ0v) is 78.8. The lowest BCUT2D eigenvalue weighted by Gasteiger charge is -2.33. The number of urea groups is 1. The minimum Gasteiger partial charge on any atom is -0.382 e. The lowest BCUT2D eigenvalue weighted by atomic mass is 9.85. The number of likely N-dealkylation sites (N-methyl/N-ethyl adjacent to an activating group) is 3. The Morgan fingerprint density at radius 3 is 0.917 bits per heavy atom. The molecule has 7 N–H and O–H groups in total. The molecule has 3 aliphatic heterocycles. The summed E-state index contributed by atoms with van der Waals surface area (Å²) in [5, 5.41) is 9.02. The van der Waals surface area contributed by atoms with Crippen LogP contribution in [-0.4, -0.2) is 259 Å². The van der Waals surface area contributed by atoms with Gasteiger partial charge < -0.3 is 83.2 Å². The van der Waals surface area contributed by atoms with E-state index >= 15 is 0 Å². The molecule has 43 heteroatoms. The summed E-state index contributed by atoms with van der Waals surface area (Å²) >= 11 is 68.4. The minimum atomic E-state index is -3.67. The molecule has 9 rings (SSSR count). The SMILES string of the molecule is CCNC(=O)NCCOCCOCCOCCNS(=O)(=O)c1ccc([C@@H]2CN(C)Cc3c(Cl)cc(Cl)cc32)cc1.CCOCCOCCOCCNS(=O)(=O)c1ccc([C@@H]2CN(C)Cc3c(Cl)cc(Cl)cc32)cc1.CN1Cc2c(Cl)cc(Cl)cc2[C@H](c2ccc(S(=O)(=O)NCCOCCOCCOCCN)cc2)C1.O=C(OC(Cl)(Cl)Cl)OC(Cl)(Cl)Cl. The summed E-state index contributed by atoms with van der Waals surface area (Å²) in [7, 11) is -4.84. The van der Waals surface area contributed by atoms with Crippen LogP contribution in [0.25, 0.3) is 0 Å². The number of hydrogen-bond acceptors (Lipinski definition) is 23. The van der Waals surface area contributed by atoms with Gasteiger partial charge in [-0.25, -0.2) is 49.0 Å². The Hall–Kier alpha value is -3.45. The second-order valence-corrected chi connectivity index (χ2v) is 39.2. The van der Waals surface area contributed by atoms with Crippen molar-refractivity contribution in [1.29, 1.82) is 0 Å². The van der Waals surface area contributed by atoms with Gasteiger partial charge in [-0.3, -0.25) is 0 Å². The van der Waals surface area contributed by atoms with E-state index < -0.39 is 44.2 Å². The molecular weight excluding hydrogens is 1890 g/mol. The molecule has 0 aliphatic carbocycles. The Bertz CT molecular complexity index is 4490. The van der Waals surface area contributed by atoms with Crippen LogP contribution in [0.1, 0.15) is 81.7 Å². The van der Waals surface area contributed by atoms with Crippen LogP contribution in [0.4, 0.5) is 9.59 Å². The van der Waals surface area contributed by atoms with E-state index in [1.165, 1.54) is 0 Å². The van der Waals surface area contributed by atoms with Crippen molar-refractivity contribution in [1.82, 2.24) is 39.5 Å². The van der Waals surface area contributed by atoms with Crippen molar-refractivity contribution in [2.24, 2.45) is 5.73 Å². The molecule has 3 heterocycles. The van der Waals surface area contributed by atoms with Gasteiger partial charge >= 0.3 is 20.1 Å². The Balaban J connectivity index is 0.000000263. The first-order valence-electron chi connectivity index (χ1n) is 38.2. The molecule has 676 valence electrons. The fourth-order valence-electron chi connectivity index (χ4n) is 12.4. The van der Waals surface area contributed by atoms with Crippen molar-refractivity contribution in [3.05, 3.63) is 189 Å². The van der Waals surface area contributed by atoms with Crippen molar-refractivity contribution < 1.29 is 86.9 Å². The number of amides is 2. The van der Waals surface area contributed by atoms with Crippen LogP contribution in [0.2, 0.25) is 30.1 Å². The molecule has 0 bridgehead atoms. The van der Waals surface area contributed by atoms with Crippen molar-refractivity contribution in [3.63, 3.8) is 0 Å². The van der Waals surface area contributed by atoms with Crippen LogP contribution in [-0.2, 0) is 102 Å². The van der Waals surface area contributed by atoms with Crippen LogP contribution in [0.3, 0.4) is 0 Å². The number of nitrogens with one attached hydrogen (secondary N) is 5. The predicted molar refractivity (Wildman–Crippen MR) is 476 cm³/mol. The molecule has 0 saturated heterocycles. The highest BCUT2D eigenvalue weighted by Gasteiger charge is 2.34. The number of hydrogen-bond donors (Lipinski definition) is 6. The fraction of sp³-hybridized carbons (Fsp3) is 0.513. The van der Waals surface area contributed by atoms with Gasteiger partial charge in [-0.1, -0.05) is 106 Å². The number of nitrogens with zero attached hydrogens (tertiary/aromatic N) is 3. The van der Waals surface area contributed by atoms with Crippen molar-refractivity contribution in [2.75, 3.05) is 199 Å². The first-order chi connectivity index (χ1) is 57.4. The Kier molecular flexibility index (Phi) is 48.1. The molecule has 0 radical (unpaired) electrons. The Morgan fingerprint density at radius 2 is 0.653 bits per heavy atom. The molecule has 2 amide bonds. The van der Waals surface area contributed by atoms with E-state index in [-0.39, 0.29) is 77.9 Å². The van der Waals surface area contributed by atoms with Gasteiger partial charge in [0.15, 0.2) is 0 Å². The second kappa shape index (κ2) is 54.8. The number of alkyl halides is 6. The largest absolute Gasteiger partial charge is 0.515 e. The lowest BCUT2D eigenvalue weighted by molar-refractivity contribution is 0.0165. The summed E-state index contributed by atoms with van der Waals surface area (Å²) in [4.78, 5) is 28.9. The average Bonchev–Trinajstić information content (AvgIpc) is 0.783. The van der Waals surface area contributed by atoms with Crippen LogP contribution in [0, 0.1) is 0 Å². The van der Waals surface area contributed by atoms with Crippen molar-refractivity contribution in [2.45, 2.75) is 73.9 Å². The summed E-state index contributed by atoms with van der Waals surface area (Å²) in [6.45, 7) is 17.8. The van der Waals surface area contributed by atoms with Gasteiger partial charge in [-0.05, 0) is 227 Å². The zero-order chi connectivity index (χ0) is 88.8. The number of carbonyl (C=O) groups is 2. The molecule has 3 aliphatic rings. The zero-order valence-electron chi connectivity index (χ0n) is 67.3. The number of rotatable bonds is 43. The normalized spacial score (nSPS) is 15.8. The maximum Gasteiger partial charge on any atom is 0.515 e. The highest BCUT2D eigenvalue weighted by Crippen LogP contribution is 2.42. The third-order valence-corrected chi connectivity index (χ3v) is 24.4. The van der Waals surface area contributed by atoms with Gasteiger partial charge in [-0.2, -0.15) is 0 Å². The maximum absolute atomic E-state index is 12.7. The summed E-state index contributed by atoms with van der Waals surface area (Å²) < 4.78 is 135. The third kappa shape index (κ3) is 39.2. The van der Waals surface area contributed by atoms with E-state index in [0.29, 0.717) is 149 Å². The Morgan fingerprint density at radius 1 is 0.388 bits per heavy atom. The van der Waals surface area contributed by atoms with Crippen LogP contribution < -0.4 is 30.5 Å². The summed E-state index contributed by atoms with van der Waals surface area (Å²) in [6, 6.07) is 31.7. The van der Waals surface area contributed by atoms with Gasteiger partial charge in [-0.15, -0.1) is 0 Å². The molecule has 28 nitrogen and oxygen atoms in total. The molecule has 0 fully saturated rings. The molecule has 6 aromatic rings. The van der Waals surface area contributed by atoms with Crippen LogP contribution >= 0.6 is 139 Å². The van der Waals surface area contributed by atoms with Gasteiger partial charge in [0.25, 0.3) is 0 Å². The third-order valence-electron chi connectivity index (χ3n) is 17.8. The molecular formula is C78H103Cl12N9O19S3. The smallest absolute Gasteiger partial charge is 0.382 e. The van der Waals surface area contributed by atoms with E-state index in [0.717, 1.165) is 89.3 Å². The lowest BCUT2D eigenvalue weighted by Crippen LogP contribution is -2.37. The number of fused-ring (bicyclic) bond motifs is 3. The van der Waals surface area contributed by atoms with Crippen molar-refractivity contribution >= 4 is 181 Å². The van der Waals surface area contributed by atoms with Gasteiger partial charge in [0.2, 0.25) is 30.1 Å². The van der Waals surface area contributed by atoms with E-state index in [9.17, 15) is 34.8 Å². The van der Waals surface area contributed by atoms with Gasteiger partial charge in [0.05, 0.1) is 127 Å². The number of sulfonamides is 3. The Labute approximate surface area is 769 Å². The number of carbonyl (C=O) groups excluding carboxylic acids is 2. The second-order valence-electron chi connectivity index (χ2n) is 27.0. The topological polar surface area (TPSA) is 334 Å². The molecule has 0 saturated carbocycles. The molecule has 0 unspecified atom stereocenters. The minimum absolute atomic E-state index is 0.0348. The number of ether oxygens (including phenoxy) is 11. The molecule has 0 aromatic heterocycles. The molecule has 6 aromatic carbocycles. The predicted octanol–water partition coefficient (Wildman–Crippen LogP) is 13.8. The average molecular weight is 1990 g/mol. The van der Waals surface area contributed by atoms with E-state index in [2.05, 4.69) is 49.0 Å². The van der Waals surface area contributed by atoms with Crippen LogP contribution in [0.15, 0.2) is 124 Å². The maximum atomic E-state index is 12.7. The van der Waals surface area contributed by atoms with E-state index in [1.54, 1.807) is 54.6 Å². The van der Waals surface area contributed by atoms with Crippen molar-refractivity contribution in [3.8, 4) is 0 Å². The fourth-order valence-corrected chi connectivity index (χ4v) is 17.6. The van der Waals surface area contributed by atoms with Gasteiger partial charge in [0.1, 0.15) is 0 Å². The van der Waals surface area contributed by atoms with Crippen LogP contribution in [0.5, 0.6) is 0 Å². The highest BCUT2D eigenvalue weighted by atomic mass is 35.6. The molecule has 0 spiro atoms. The quantitative estimate of drug-likeness (QED) is 0.0118. The standard InChI is InChI=1S/C27H38Cl2N4O6S.C24H33Cl2N3O5S.C24H32Cl2N2O5S.C3Cl6O3/c1-3-30-27(34)31-8-10-37-12-14-39-15-13-38-11-9-32-40(35,36)22-6-4-20(5-7-22)24-18-33(2)19-25-23(24)16-21(28)17-26(25)29;1-29-16-22(21-14-19(25)15-24(26)23(21)17-29)18-2-4-20(5-3-18)35(30,31)28-7-9-33-11-13-34-12-10-32-8-6-27;1-3-31-10-11-33-13-12-32-9-8-27-34(29,30)20-6-4-18(5-7-20)22-16-28(2)17-23-21(22)14-19(25)15-24(23)26;4-2(5,6)11-1(10)12-3(7,8)9/h4-7,16-17,24,32H,3,8-15,18-19H2,1-2H3,(H2,30,31,34);2-5,14-15,22,28H,6-13,16-17,27H2,1H3;4-7,14-15,22,27H,3,8-13,16-17H2,1-2H3;/t24-;2*22-;/m000./s1. The number of halogens is 12. The molecule has 3 atom stereocenters. The first-order valence-corrected chi connectivity index (χ1v) is 47.2. The highest BCUT2D eigenvalue weighted by molar-refractivity contribution is 7.90. The summed E-state index contributed by atoms with van der Waals surface area (Å²) in [5.41, 5.74) is 14.7. The number of nitrogens with two attached hydrogens (primary N) is 1. The number of benzene rings is 6.